The van der Waals surface area contributed by atoms with E-state index < -0.39 is 0 Å². The number of methoxy groups -OCH3 is 1. The van der Waals surface area contributed by atoms with Crippen molar-refractivity contribution in [2.45, 2.75) is 17.7 Å². The molecular formula is C11H13BrO2S. The van der Waals surface area contributed by atoms with Gasteiger partial charge in [0.2, 0.25) is 0 Å². The topological polar surface area (TPSA) is 26.3 Å². The zero-order valence-electron chi connectivity index (χ0n) is 8.53. The van der Waals surface area contributed by atoms with E-state index in [1.54, 1.807) is 11.8 Å². The molecule has 0 aliphatic rings. The number of hydrogen-bond donors (Lipinski definition) is 0. The Hall–Kier alpha value is -0.480. The van der Waals surface area contributed by atoms with Crippen LogP contribution in [-0.4, -0.2) is 18.8 Å². The van der Waals surface area contributed by atoms with Crippen LogP contribution in [0.1, 0.15) is 12.8 Å². The Morgan fingerprint density at radius 1 is 1.40 bits per heavy atom. The van der Waals surface area contributed by atoms with E-state index in [4.69, 9.17) is 0 Å². The number of carbonyl (C=O) groups excluding carboxylic acids is 1. The first-order valence-electron chi connectivity index (χ1n) is 4.67. The zero-order valence-corrected chi connectivity index (χ0v) is 10.9. The van der Waals surface area contributed by atoms with E-state index in [2.05, 4.69) is 32.8 Å². The molecule has 1 aromatic rings. The first-order chi connectivity index (χ1) is 7.22. The summed E-state index contributed by atoms with van der Waals surface area (Å²) in [4.78, 5) is 12.1. The number of esters is 1. The molecule has 82 valence electrons. The molecular weight excluding hydrogens is 276 g/mol. The number of carbonyl (C=O) groups is 1. The van der Waals surface area contributed by atoms with Crippen molar-refractivity contribution in [3.8, 4) is 0 Å². The van der Waals surface area contributed by atoms with Crippen LogP contribution < -0.4 is 0 Å². The van der Waals surface area contributed by atoms with Crippen LogP contribution in [0.5, 0.6) is 0 Å². The molecule has 0 saturated heterocycles. The molecule has 0 spiro atoms. The molecule has 0 bridgehead atoms. The normalized spacial score (nSPS) is 10.0. The molecule has 0 heterocycles. The second-order valence-electron chi connectivity index (χ2n) is 2.98. The SMILES string of the molecule is COC(=O)CCCSc1ccc(Br)cc1. The maximum absolute atomic E-state index is 10.8. The summed E-state index contributed by atoms with van der Waals surface area (Å²) in [5.74, 6) is 0.808. The summed E-state index contributed by atoms with van der Waals surface area (Å²) in [7, 11) is 1.42. The Labute approximate surface area is 103 Å². The number of hydrogen-bond acceptors (Lipinski definition) is 3. The summed E-state index contributed by atoms with van der Waals surface area (Å²) in [6.07, 6.45) is 1.35. The van der Waals surface area contributed by atoms with E-state index in [1.165, 1.54) is 12.0 Å². The van der Waals surface area contributed by atoms with Crippen LogP contribution in [-0.2, 0) is 9.53 Å². The fourth-order valence-corrected chi connectivity index (χ4v) is 2.16. The monoisotopic (exact) mass is 288 g/mol. The van der Waals surface area contributed by atoms with Crippen molar-refractivity contribution in [2.75, 3.05) is 12.9 Å². The van der Waals surface area contributed by atoms with Gasteiger partial charge in [-0.05, 0) is 36.4 Å². The number of thioether (sulfide) groups is 1. The Balaban J connectivity index is 2.20. The quantitative estimate of drug-likeness (QED) is 0.471. The lowest BCUT2D eigenvalue weighted by atomic mass is 10.3. The third-order valence-electron chi connectivity index (χ3n) is 1.84. The summed E-state index contributed by atoms with van der Waals surface area (Å²) in [6.45, 7) is 0. The van der Waals surface area contributed by atoms with Gasteiger partial charge in [-0.3, -0.25) is 4.79 Å². The molecule has 1 aromatic carbocycles. The lowest BCUT2D eigenvalue weighted by Crippen LogP contribution is -1.99. The van der Waals surface area contributed by atoms with E-state index in [9.17, 15) is 4.79 Å². The largest absolute Gasteiger partial charge is 0.469 e. The van der Waals surface area contributed by atoms with Gasteiger partial charge in [0.1, 0.15) is 0 Å². The van der Waals surface area contributed by atoms with E-state index in [-0.39, 0.29) is 5.97 Å². The van der Waals surface area contributed by atoms with Gasteiger partial charge >= 0.3 is 5.97 Å². The van der Waals surface area contributed by atoms with Crippen LogP contribution in [0, 0.1) is 0 Å². The Morgan fingerprint density at radius 3 is 2.67 bits per heavy atom. The van der Waals surface area contributed by atoms with Gasteiger partial charge in [-0.25, -0.2) is 0 Å². The van der Waals surface area contributed by atoms with Crippen LogP contribution in [0.25, 0.3) is 0 Å². The van der Waals surface area contributed by atoms with Gasteiger partial charge in [0, 0.05) is 15.8 Å². The van der Waals surface area contributed by atoms with Crippen molar-refractivity contribution in [3.05, 3.63) is 28.7 Å². The minimum absolute atomic E-state index is 0.133. The van der Waals surface area contributed by atoms with Gasteiger partial charge in [0.25, 0.3) is 0 Å². The fourth-order valence-electron chi connectivity index (χ4n) is 1.04. The third-order valence-corrected chi connectivity index (χ3v) is 3.46. The van der Waals surface area contributed by atoms with Crippen LogP contribution >= 0.6 is 27.7 Å². The zero-order chi connectivity index (χ0) is 11.1. The van der Waals surface area contributed by atoms with Gasteiger partial charge in [0.15, 0.2) is 0 Å². The van der Waals surface area contributed by atoms with Crippen molar-refractivity contribution >= 4 is 33.7 Å². The third kappa shape index (κ3) is 5.23. The molecule has 0 amide bonds. The van der Waals surface area contributed by atoms with Gasteiger partial charge in [0.05, 0.1) is 7.11 Å². The van der Waals surface area contributed by atoms with Crippen molar-refractivity contribution in [1.29, 1.82) is 0 Å². The summed E-state index contributed by atoms with van der Waals surface area (Å²) < 4.78 is 5.65. The second kappa shape index (κ2) is 6.90. The summed E-state index contributed by atoms with van der Waals surface area (Å²) >= 11 is 5.14. The molecule has 0 radical (unpaired) electrons. The summed E-state index contributed by atoms with van der Waals surface area (Å²) in [5.41, 5.74) is 0. The number of halogens is 1. The molecule has 0 aliphatic carbocycles. The smallest absolute Gasteiger partial charge is 0.305 e. The summed E-state index contributed by atoms with van der Waals surface area (Å²) in [5, 5.41) is 0. The molecule has 1 rings (SSSR count). The first-order valence-corrected chi connectivity index (χ1v) is 6.45. The van der Waals surface area contributed by atoms with Gasteiger partial charge in [-0.2, -0.15) is 0 Å². The molecule has 15 heavy (non-hydrogen) atoms. The Kier molecular flexibility index (Phi) is 5.79. The second-order valence-corrected chi connectivity index (χ2v) is 5.07. The van der Waals surface area contributed by atoms with E-state index >= 15 is 0 Å². The van der Waals surface area contributed by atoms with Crippen molar-refractivity contribution in [3.63, 3.8) is 0 Å². The lowest BCUT2D eigenvalue weighted by Gasteiger charge is -2.01. The van der Waals surface area contributed by atoms with Gasteiger partial charge in [-0.15, -0.1) is 11.8 Å². The Morgan fingerprint density at radius 2 is 2.07 bits per heavy atom. The molecule has 0 N–H and O–H groups in total. The van der Waals surface area contributed by atoms with Crippen molar-refractivity contribution in [2.24, 2.45) is 0 Å². The van der Waals surface area contributed by atoms with E-state index in [1.807, 2.05) is 12.1 Å². The standard InChI is InChI=1S/C11H13BrO2S/c1-14-11(13)3-2-8-15-10-6-4-9(12)5-7-10/h4-7H,2-3,8H2,1H3. The fraction of sp³-hybridized carbons (Fsp3) is 0.364. The average Bonchev–Trinajstić information content (AvgIpc) is 2.26. The molecule has 0 saturated carbocycles. The molecule has 2 nitrogen and oxygen atoms in total. The molecule has 0 aromatic heterocycles. The summed E-state index contributed by atoms with van der Waals surface area (Å²) in [6, 6.07) is 8.16. The first kappa shape index (κ1) is 12.6. The predicted octanol–water partition coefficient (Wildman–Crippen LogP) is 3.49. The van der Waals surface area contributed by atoms with Crippen LogP contribution in [0.15, 0.2) is 33.6 Å². The molecule has 0 aliphatic heterocycles. The van der Waals surface area contributed by atoms with Gasteiger partial charge in [-0.1, -0.05) is 15.9 Å². The molecule has 0 atom stereocenters. The highest BCUT2D eigenvalue weighted by Gasteiger charge is 2.00. The number of rotatable bonds is 5. The minimum atomic E-state index is -0.133. The molecule has 4 heteroatoms. The number of ether oxygens (including phenoxy) is 1. The highest BCUT2D eigenvalue weighted by Crippen LogP contribution is 2.21. The van der Waals surface area contributed by atoms with Crippen LogP contribution in [0.2, 0.25) is 0 Å². The maximum Gasteiger partial charge on any atom is 0.305 e. The van der Waals surface area contributed by atoms with Gasteiger partial charge < -0.3 is 4.74 Å². The lowest BCUT2D eigenvalue weighted by molar-refractivity contribution is -0.140. The van der Waals surface area contributed by atoms with E-state index in [0.29, 0.717) is 6.42 Å². The van der Waals surface area contributed by atoms with Crippen LogP contribution in [0.4, 0.5) is 0 Å². The average molecular weight is 289 g/mol. The van der Waals surface area contributed by atoms with Crippen molar-refractivity contribution in [1.82, 2.24) is 0 Å². The maximum atomic E-state index is 10.8. The number of benzene rings is 1. The van der Waals surface area contributed by atoms with Crippen molar-refractivity contribution < 1.29 is 9.53 Å². The predicted molar refractivity (Wildman–Crippen MR) is 66.1 cm³/mol. The minimum Gasteiger partial charge on any atom is -0.469 e. The Bertz CT molecular complexity index is 311. The molecule has 0 unspecified atom stereocenters. The van der Waals surface area contributed by atoms with E-state index in [0.717, 1.165) is 16.6 Å². The molecule has 0 fully saturated rings. The highest BCUT2D eigenvalue weighted by molar-refractivity contribution is 9.10. The van der Waals surface area contributed by atoms with Crippen LogP contribution in [0.3, 0.4) is 0 Å². The highest BCUT2D eigenvalue weighted by atomic mass is 79.9.